The van der Waals surface area contributed by atoms with Crippen molar-refractivity contribution in [2.45, 2.75) is 5.41 Å². The van der Waals surface area contributed by atoms with Crippen LogP contribution in [0.3, 0.4) is 0 Å². The third kappa shape index (κ3) is 2.66. The summed E-state index contributed by atoms with van der Waals surface area (Å²) >= 11 is 0. The zero-order chi connectivity index (χ0) is 21.4. The van der Waals surface area contributed by atoms with E-state index < -0.39 is 5.41 Å². The maximum absolute atomic E-state index is 5.96. The van der Waals surface area contributed by atoms with Gasteiger partial charge < -0.3 is 14.2 Å². The molecule has 0 saturated heterocycles. The van der Waals surface area contributed by atoms with E-state index in [2.05, 4.69) is 60.7 Å². The fourth-order valence-electron chi connectivity index (χ4n) is 5.00. The Morgan fingerprint density at radius 3 is 1.71 bits per heavy atom. The van der Waals surface area contributed by atoms with Crippen molar-refractivity contribution in [3.63, 3.8) is 0 Å². The third-order valence-electron chi connectivity index (χ3n) is 6.26. The molecule has 0 heterocycles. The lowest BCUT2D eigenvalue weighted by Crippen LogP contribution is -2.29. The standard InChI is InChI=1S/C28H24O3/c1-29-21-14-15-22-23(18-21)28(19-10-6-4-7-11-19,20-12-8-5-9-13-20)27-25(31-3)17-16-24(30-2)26(22)27/h4-18H,1-3H3. The van der Waals surface area contributed by atoms with Crippen molar-refractivity contribution < 1.29 is 14.2 Å². The van der Waals surface area contributed by atoms with Crippen LogP contribution in [0.5, 0.6) is 17.2 Å². The molecule has 1 aliphatic carbocycles. The van der Waals surface area contributed by atoms with E-state index in [-0.39, 0.29) is 0 Å². The second kappa shape index (κ2) is 7.51. The maximum atomic E-state index is 5.96. The Morgan fingerprint density at radius 1 is 0.581 bits per heavy atom. The molecular formula is C28H24O3. The van der Waals surface area contributed by atoms with Crippen molar-refractivity contribution >= 4 is 0 Å². The normalized spacial score (nSPS) is 13.3. The summed E-state index contributed by atoms with van der Waals surface area (Å²) in [5.74, 6) is 2.48. The van der Waals surface area contributed by atoms with Crippen LogP contribution in [0.4, 0.5) is 0 Å². The molecule has 154 valence electrons. The zero-order valence-electron chi connectivity index (χ0n) is 17.9. The maximum Gasteiger partial charge on any atom is 0.127 e. The van der Waals surface area contributed by atoms with E-state index in [4.69, 9.17) is 14.2 Å². The summed E-state index contributed by atoms with van der Waals surface area (Å²) in [5, 5.41) is 0. The van der Waals surface area contributed by atoms with Crippen LogP contribution in [-0.2, 0) is 5.41 Å². The first-order valence-corrected chi connectivity index (χ1v) is 10.3. The van der Waals surface area contributed by atoms with Crippen LogP contribution in [0.15, 0.2) is 91.0 Å². The van der Waals surface area contributed by atoms with Crippen LogP contribution >= 0.6 is 0 Å². The fraction of sp³-hybridized carbons (Fsp3) is 0.143. The van der Waals surface area contributed by atoms with E-state index >= 15 is 0 Å². The number of hydrogen-bond donors (Lipinski definition) is 0. The van der Waals surface area contributed by atoms with Crippen LogP contribution in [0, 0.1) is 0 Å². The van der Waals surface area contributed by atoms with E-state index in [0.717, 1.165) is 39.5 Å². The van der Waals surface area contributed by atoms with Crippen LogP contribution in [0.25, 0.3) is 11.1 Å². The highest BCUT2D eigenvalue weighted by Crippen LogP contribution is 2.61. The molecule has 0 radical (unpaired) electrons. The smallest absolute Gasteiger partial charge is 0.127 e. The van der Waals surface area contributed by atoms with Gasteiger partial charge in [0.25, 0.3) is 0 Å². The minimum atomic E-state index is -0.568. The number of rotatable bonds is 5. The predicted molar refractivity (Wildman–Crippen MR) is 123 cm³/mol. The van der Waals surface area contributed by atoms with Gasteiger partial charge in [0.15, 0.2) is 0 Å². The number of fused-ring (bicyclic) bond motifs is 3. The zero-order valence-corrected chi connectivity index (χ0v) is 17.9. The summed E-state index contributed by atoms with van der Waals surface area (Å²) < 4.78 is 17.5. The first-order valence-electron chi connectivity index (χ1n) is 10.3. The molecule has 4 aromatic rings. The molecule has 1 aliphatic rings. The molecule has 0 atom stereocenters. The Kier molecular flexibility index (Phi) is 4.67. The SMILES string of the molecule is COc1ccc2c(c1)C(c1ccccc1)(c1ccccc1)c1c(OC)ccc(OC)c1-2. The Hall–Kier alpha value is -3.72. The monoisotopic (exact) mass is 408 g/mol. The molecule has 4 aromatic carbocycles. The van der Waals surface area contributed by atoms with Gasteiger partial charge in [-0.1, -0.05) is 66.7 Å². The molecule has 0 saturated carbocycles. The molecule has 3 nitrogen and oxygen atoms in total. The van der Waals surface area contributed by atoms with E-state index in [1.54, 1.807) is 21.3 Å². The Balaban J connectivity index is 2.03. The molecule has 5 rings (SSSR count). The molecule has 0 unspecified atom stereocenters. The molecule has 3 heteroatoms. The second-order valence-electron chi connectivity index (χ2n) is 7.61. The lowest BCUT2D eigenvalue weighted by Gasteiger charge is -2.34. The first kappa shape index (κ1) is 19.3. The van der Waals surface area contributed by atoms with Gasteiger partial charge in [0.2, 0.25) is 0 Å². The lowest BCUT2D eigenvalue weighted by atomic mass is 9.67. The molecule has 31 heavy (non-hydrogen) atoms. The molecule has 0 amide bonds. The number of benzene rings is 4. The highest BCUT2D eigenvalue weighted by Gasteiger charge is 2.49. The van der Waals surface area contributed by atoms with E-state index in [9.17, 15) is 0 Å². The largest absolute Gasteiger partial charge is 0.497 e. The average molecular weight is 408 g/mol. The molecule has 0 spiro atoms. The molecule has 0 N–H and O–H groups in total. The van der Waals surface area contributed by atoms with Crippen molar-refractivity contribution in [1.29, 1.82) is 0 Å². The van der Waals surface area contributed by atoms with Crippen molar-refractivity contribution in [2.24, 2.45) is 0 Å². The van der Waals surface area contributed by atoms with Crippen molar-refractivity contribution in [3.05, 3.63) is 113 Å². The number of hydrogen-bond acceptors (Lipinski definition) is 3. The van der Waals surface area contributed by atoms with Crippen LogP contribution < -0.4 is 14.2 Å². The Bertz CT molecular complexity index is 1190. The van der Waals surface area contributed by atoms with E-state index in [0.29, 0.717) is 0 Å². The summed E-state index contributed by atoms with van der Waals surface area (Å²) in [5.41, 5.74) is 6.20. The van der Waals surface area contributed by atoms with Crippen molar-refractivity contribution in [3.8, 4) is 28.4 Å². The molecule has 0 aliphatic heterocycles. The van der Waals surface area contributed by atoms with Gasteiger partial charge >= 0.3 is 0 Å². The minimum absolute atomic E-state index is 0.568. The average Bonchev–Trinajstić information content (AvgIpc) is 3.16. The summed E-state index contributed by atoms with van der Waals surface area (Å²) in [6.07, 6.45) is 0. The van der Waals surface area contributed by atoms with Gasteiger partial charge in [-0.15, -0.1) is 0 Å². The summed E-state index contributed by atoms with van der Waals surface area (Å²) in [4.78, 5) is 0. The van der Waals surface area contributed by atoms with Gasteiger partial charge in [-0.05, 0) is 46.5 Å². The van der Waals surface area contributed by atoms with Gasteiger partial charge in [-0.2, -0.15) is 0 Å². The quantitative estimate of drug-likeness (QED) is 0.353. The van der Waals surface area contributed by atoms with E-state index in [1.165, 1.54) is 11.1 Å². The molecular weight excluding hydrogens is 384 g/mol. The predicted octanol–water partition coefficient (Wildman–Crippen LogP) is 6.08. The minimum Gasteiger partial charge on any atom is -0.497 e. The van der Waals surface area contributed by atoms with Gasteiger partial charge in [0.1, 0.15) is 17.2 Å². The summed E-state index contributed by atoms with van der Waals surface area (Å²) in [6, 6.07) is 31.5. The fourth-order valence-corrected chi connectivity index (χ4v) is 5.00. The summed E-state index contributed by atoms with van der Waals surface area (Å²) in [6.45, 7) is 0. The highest BCUT2D eigenvalue weighted by atomic mass is 16.5. The second-order valence-corrected chi connectivity index (χ2v) is 7.61. The van der Waals surface area contributed by atoms with Crippen LogP contribution in [-0.4, -0.2) is 21.3 Å². The van der Waals surface area contributed by atoms with Crippen molar-refractivity contribution in [2.75, 3.05) is 21.3 Å². The van der Waals surface area contributed by atoms with E-state index in [1.807, 2.05) is 30.3 Å². The van der Waals surface area contributed by atoms with Crippen molar-refractivity contribution in [1.82, 2.24) is 0 Å². The topological polar surface area (TPSA) is 27.7 Å². The van der Waals surface area contributed by atoms with Crippen LogP contribution in [0.2, 0.25) is 0 Å². The van der Waals surface area contributed by atoms with Gasteiger partial charge in [-0.25, -0.2) is 0 Å². The molecule has 0 aromatic heterocycles. The first-order chi connectivity index (χ1) is 15.2. The van der Waals surface area contributed by atoms with Crippen LogP contribution in [0.1, 0.15) is 22.3 Å². The molecule has 0 bridgehead atoms. The van der Waals surface area contributed by atoms with Gasteiger partial charge in [-0.3, -0.25) is 0 Å². The highest BCUT2D eigenvalue weighted by molar-refractivity contribution is 5.92. The Morgan fingerprint density at radius 2 is 1.16 bits per heavy atom. The Labute approximate surface area is 182 Å². The third-order valence-corrected chi connectivity index (χ3v) is 6.26. The number of ether oxygens (including phenoxy) is 3. The van der Waals surface area contributed by atoms with Gasteiger partial charge in [0, 0.05) is 11.1 Å². The molecule has 0 fully saturated rings. The number of methoxy groups -OCH3 is 3. The lowest BCUT2D eigenvalue weighted by molar-refractivity contribution is 0.397. The summed E-state index contributed by atoms with van der Waals surface area (Å²) in [7, 11) is 5.15. The van der Waals surface area contributed by atoms with Gasteiger partial charge in [0.05, 0.1) is 26.7 Å².